The van der Waals surface area contributed by atoms with Crippen LogP contribution in [0.4, 0.5) is 5.69 Å². The molecule has 1 aliphatic carbocycles. The summed E-state index contributed by atoms with van der Waals surface area (Å²) in [6, 6.07) is 12.4. The van der Waals surface area contributed by atoms with Gasteiger partial charge in [0.05, 0.1) is 16.9 Å². The van der Waals surface area contributed by atoms with Gasteiger partial charge >= 0.3 is 0 Å². The lowest BCUT2D eigenvalue weighted by Crippen LogP contribution is -1.86. The van der Waals surface area contributed by atoms with E-state index in [0.29, 0.717) is 17.0 Å². The molecule has 0 aliphatic heterocycles. The maximum Gasteiger partial charge on any atom is 0.273 e. The number of oxazole rings is 1. The van der Waals surface area contributed by atoms with E-state index in [1.54, 1.807) is 6.07 Å². The van der Waals surface area contributed by atoms with Gasteiger partial charge < -0.3 is 9.21 Å². The number of carbonyl (C=O) groups is 1. The number of nitro benzene ring substituents is 1. The number of nitro groups is 1. The maximum absolute atomic E-state index is 11.4. The summed E-state index contributed by atoms with van der Waals surface area (Å²) in [5, 5.41) is 10.9. The van der Waals surface area contributed by atoms with E-state index < -0.39 is 4.92 Å². The summed E-state index contributed by atoms with van der Waals surface area (Å²) in [5.74, 6) is 0.228. The first-order valence-corrected chi connectivity index (χ1v) is 7.65. The van der Waals surface area contributed by atoms with Crippen LogP contribution in [0.25, 0.3) is 11.1 Å². The highest BCUT2D eigenvalue weighted by molar-refractivity contribution is 5.76. The molecular weight excluding hydrogens is 308 g/mol. The molecule has 1 fully saturated rings. The van der Waals surface area contributed by atoms with Gasteiger partial charge in [-0.1, -0.05) is 29.8 Å². The molecule has 24 heavy (non-hydrogen) atoms. The van der Waals surface area contributed by atoms with Crippen molar-refractivity contribution in [3.63, 3.8) is 0 Å². The number of aldehydes is 1. The largest absolute Gasteiger partial charge is 0.440 e. The Hall–Kier alpha value is -3.02. The summed E-state index contributed by atoms with van der Waals surface area (Å²) in [5.41, 5.74) is 3.14. The van der Waals surface area contributed by atoms with Gasteiger partial charge in [0.1, 0.15) is 11.8 Å². The van der Waals surface area contributed by atoms with Crippen LogP contribution in [-0.4, -0.2) is 16.2 Å². The molecule has 0 bridgehead atoms. The molecule has 1 heterocycles. The molecular formula is C18H14N2O4. The smallest absolute Gasteiger partial charge is 0.273 e. The van der Waals surface area contributed by atoms with Crippen molar-refractivity contribution in [3.8, 4) is 0 Å². The van der Waals surface area contributed by atoms with Crippen LogP contribution < -0.4 is 0 Å². The van der Waals surface area contributed by atoms with Gasteiger partial charge in [-0.05, 0) is 18.6 Å². The molecule has 4 rings (SSSR count). The molecule has 3 atom stereocenters. The highest BCUT2D eigenvalue weighted by atomic mass is 16.6. The Bertz CT molecular complexity index is 945. The van der Waals surface area contributed by atoms with Crippen LogP contribution in [-0.2, 0) is 4.79 Å². The number of hydrogen-bond acceptors (Lipinski definition) is 5. The first kappa shape index (κ1) is 14.6. The number of non-ortho nitro benzene ring substituents is 1. The van der Waals surface area contributed by atoms with Crippen molar-refractivity contribution in [2.75, 3.05) is 0 Å². The lowest BCUT2D eigenvalue weighted by atomic mass is 10.1. The zero-order valence-electron chi connectivity index (χ0n) is 12.9. The van der Waals surface area contributed by atoms with E-state index >= 15 is 0 Å². The first-order chi connectivity index (χ1) is 11.6. The molecule has 0 amide bonds. The Balaban J connectivity index is 1.70. The predicted molar refractivity (Wildman–Crippen MR) is 86.9 cm³/mol. The minimum Gasteiger partial charge on any atom is -0.440 e. The van der Waals surface area contributed by atoms with Gasteiger partial charge in [0, 0.05) is 17.9 Å². The van der Waals surface area contributed by atoms with Crippen LogP contribution >= 0.6 is 0 Å². The number of aromatic nitrogens is 1. The molecule has 0 saturated heterocycles. The van der Waals surface area contributed by atoms with Crippen LogP contribution in [0, 0.1) is 23.0 Å². The number of rotatable bonds is 4. The average Bonchev–Trinajstić information content (AvgIpc) is 3.16. The Morgan fingerprint density at radius 2 is 1.92 bits per heavy atom. The first-order valence-electron chi connectivity index (χ1n) is 7.65. The van der Waals surface area contributed by atoms with E-state index in [1.165, 1.54) is 12.1 Å². The van der Waals surface area contributed by atoms with Gasteiger partial charge in [-0.2, -0.15) is 0 Å². The van der Waals surface area contributed by atoms with E-state index in [1.807, 2.05) is 31.2 Å². The normalized spacial score (nSPS) is 22.5. The van der Waals surface area contributed by atoms with Crippen molar-refractivity contribution in [3.05, 3.63) is 69.6 Å². The van der Waals surface area contributed by atoms with Crippen LogP contribution in [0.3, 0.4) is 0 Å². The van der Waals surface area contributed by atoms with Crippen molar-refractivity contribution in [1.82, 2.24) is 4.98 Å². The maximum atomic E-state index is 11.4. The van der Waals surface area contributed by atoms with Crippen molar-refractivity contribution < 1.29 is 14.1 Å². The van der Waals surface area contributed by atoms with E-state index in [9.17, 15) is 14.9 Å². The number of nitrogens with zero attached hydrogens (tertiary/aromatic N) is 2. The Kier molecular flexibility index (Phi) is 3.19. The van der Waals surface area contributed by atoms with Gasteiger partial charge in [0.2, 0.25) is 0 Å². The standard InChI is InChI=1S/C18H14N2O4/c1-10-2-4-11(5-3-10)16-13(9-21)17(16)18-19-14-7-6-12(20(22)23)8-15(14)24-18/h2-9,13,16-17H,1H3/t13-,16-,17+/m1/s1. The third-order valence-corrected chi connectivity index (χ3v) is 4.58. The fourth-order valence-corrected chi connectivity index (χ4v) is 3.23. The van der Waals surface area contributed by atoms with Gasteiger partial charge in [0.15, 0.2) is 11.5 Å². The number of carbonyl (C=O) groups excluding carboxylic acids is 1. The molecule has 1 aliphatic rings. The van der Waals surface area contributed by atoms with Crippen molar-refractivity contribution >= 4 is 23.1 Å². The lowest BCUT2D eigenvalue weighted by Gasteiger charge is -1.99. The molecule has 2 aromatic carbocycles. The minimum absolute atomic E-state index is 0.0389. The SMILES string of the molecule is Cc1ccc([C@@H]2[C@@H](C=O)[C@@H]2c2nc3ccc([N+](=O)[O-])cc3o2)cc1. The van der Waals surface area contributed by atoms with E-state index in [2.05, 4.69) is 4.98 Å². The predicted octanol–water partition coefficient (Wildman–Crippen LogP) is 3.74. The zero-order valence-corrected chi connectivity index (χ0v) is 12.9. The summed E-state index contributed by atoms with van der Waals surface area (Å²) in [6.45, 7) is 2.01. The van der Waals surface area contributed by atoms with Gasteiger partial charge in [-0.3, -0.25) is 10.1 Å². The average molecular weight is 322 g/mol. The molecule has 0 N–H and O–H groups in total. The molecule has 3 aromatic rings. The zero-order chi connectivity index (χ0) is 16.8. The molecule has 120 valence electrons. The molecule has 0 spiro atoms. The van der Waals surface area contributed by atoms with Crippen LogP contribution in [0.15, 0.2) is 46.9 Å². The Morgan fingerprint density at radius 1 is 1.17 bits per heavy atom. The van der Waals surface area contributed by atoms with E-state index in [4.69, 9.17) is 4.42 Å². The van der Waals surface area contributed by atoms with Gasteiger partial charge in [-0.25, -0.2) is 4.98 Å². The number of aryl methyl sites for hydroxylation is 1. The Labute approximate surface area is 137 Å². The summed E-state index contributed by atoms with van der Waals surface area (Å²) in [7, 11) is 0. The van der Waals surface area contributed by atoms with E-state index in [0.717, 1.165) is 17.4 Å². The second-order valence-electron chi connectivity index (χ2n) is 6.14. The molecule has 1 saturated carbocycles. The summed E-state index contributed by atoms with van der Waals surface area (Å²) < 4.78 is 5.72. The number of fused-ring (bicyclic) bond motifs is 1. The quantitative estimate of drug-likeness (QED) is 0.415. The second-order valence-corrected chi connectivity index (χ2v) is 6.14. The number of hydrogen-bond donors (Lipinski definition) is 0. The van der Waals surface area contributed by atoms with Crippen LogP contribution in [0.1, 0.15) is 28.9 Å². The van der Waals surface area contributed by atoms with Gasteiger partial charge in [0.25, 0.3) is 5.69 Å². The van der Waals surface area contributed by atoms with Crippen molar-refractivity contribution in [2.45, 2.75) is 18.8 Å². The molecule has 6 nitrogen and oxygen atoms in total. The summed E-state index contributed by atoms with van der Waals surface area (Å²) >= 11 is 0. The Morgan fingerprint density at radius 3 is 2.58 bits per heavy atom. The summed E-state index contributed by atoms with van der Waals surface area (Å²) in [4.78, 5) is 26.2. The molecule has 1 aromatic heterocycles. The van der Waals surface area contributed by atoms with Crippen LogP contribution in [0.2, 0.25) is 0 Å². The lowest BCUT2D eigenvalue weighted by molar-refractivity contribution is -0.384. The molecule has 0 unspecified atom stereocenters. The fourth-order valence-electron chi connectivity index (χ4n) is 3.23. The van der Waals surface area contributed by atoms with Gasteiger partial charge in [-0.15, -0.1) is 0 Å². The van der Waals surface area contributed by atoms with Crippen LogP contribution in [0.5, 0.6) is 0 Å². The highest BCUT2D eigenvalue weighted by Gasteiger charge is 2.54. The minimum atomic E-state index is -0.470. The second kappa shape index (κ2) is 5.26. The third-order valence-electron chi connectivity index (χ3n) is 4.58. The third kappa shape index (κ3) is 2.27. The molecule has 6 heteroatoms. The summed E-state index contributed by atoms with van der Waals surface area (Å²) in [6.07, 6.45) is 0.937. The topological polar surface area (TPSA) is 86.2 Å². The monoisotopic (exact) mass is 322 g/mol. The molecule has 0 radical (unpaired) electrons. The van der Waals surface area contributed by atoms with Crippen molar-refractivity contribution in [2.24, 2.45) is 5.92 Å². The van der Waals surface area contributed by atoms with E-state index in [-0.39, 0.29) is 23.4 Å². The van der Waals surface area contributed by atoms with Crippen molar-refractivity contribution in [1.29, 1.82) is 0 Å². The number of benzene rings is 2. The fraction of sp³-hybridized carbons (Fsp3) is 0.222. The highest BCUT2D eigenvalue weighted by Crippen LogP contribution is 2.59.